The minimum Gasteiger partial charge on any atom is -0.334 e. The minimum absolute atomic E-state index is 0.0727. The SMILES string of the molecule is Cc1nccn1-c1ccc(CNC(=O)N2CCC[C@@H](C)C2)cc1F. The molecule has 128 valence electrons. The summed E-state index contributed by atoms with van der Waals surface area (Å²) in [7, 11) is 0. The fraction of sp³-hybridized carbons (Fsp3) is 0.444. The van der Waals surface area contributed by atoms with Gasteiger partial charge in [0, 0.05) is 32.0 Å². The van der Waals surface area contributed by atoms with Crippen LogP contribution in [0.15, 0.2) is 30.6 Å². The summed E-state index contributed by atoms with van der Waals surface area (Å²) in [5.41, 5.74) is 1.21. The average molecular weight is 330 g/mol. The van der Waals surface area contributed by atoms with Crippen molar-refractivity contribution in [3.8, 4) is 5.69 Å². The Morgan fingerprint density at radius 3 is 2.96 bits per heavy atom. The first-order chi connectivity index (χ1) is 11.5. The lowest BCUT2D eigenvalue weighted by Gasteiger charge is -2.31. The van der Waals surface area contributed by atoms with Gasteiger partial charge in [0.15, 0.2) is 0 Å². The number of aromatic nitrogens is 2. The number of urea groups is 1. The summed E-state index contributed by atoms with van der Waals surface area (Å²) < 4.78 is 16.1. The molecule has 2 aromatic rings. The maximum Gasteiger partial charge on any atom is 0.317 e. The Morgan fingerprint density at radius 2 is 2.29 bits per heavy atom. The smallest absolute Gasteiger partial charge is 0.317 e. The highest BCUT2D eigenvalue weighted by Gasteiger charge is 2.20. The van der Waals surface area contributed by atoms with Gasteiger partial charge in [-0.05, 0) is 43.4 Å². The van der Waals surface area contributed by atoms with E-state index in [4.69, 9.17) is 0 Å². The van der Waals surface area contributed by atoms with E-state index in [1.807, 2.05) is 17.9 Å². The second kappa shape index (κ2) is 7.03. The van der Waals surface area contributed by atoms with Crippen LogP contribution < -0.4 is 5.32 Å². The molecule has 1 aliphatic heterocycles. The summed E-state index contributed by atoms with van der Waals surface area (Å²) in [6, 6.07) is 4.94. The number of imidazole rings is 1. The van der Waals surface area contributed by atoms with Crippen molar-refractivity contribution < 1.29 is 9.18 Å². The molecule has 1 saturated heterocycles. The summed E-state index contributed by atoms with van der Waals surface area (Å²) in [6.45, 7) is 5.89. The summed E-state index contributed by atoms with van der Waals surface area (Å²) >= 11 is 0. The fourth-order valence-corrected chi connectivity index (χ4v) is 3.15. The van der Waals surface area contributed by atoms with Crippen molar-refractivity contribution in [1.82, 2.24) is 19.8 Å². The van der Waals surface area contributed by atoms with Gasteiger partial charge in [0.05, 0.1) is 5.69 Å². The quantitative estimate of drug-likeness (QED) is 0.939. The number of nitrogens with zero attached hydrogens (tertiary/aromatic N) is 3. The number of piperidine rings is 1. The molecule has 6 heteroatoms. The van der Waals surface area contributed by atoms with Crippen molar-refractivity contribution in [2.75, 3.05) is 13.1 Å². The standard InChI is InChI=1S/C18H23FN4O/c1-13-4-3-8-22(12-13)18(24)21-11-15-5-6-17(16(19)10-15)23-9-7-20-14(23)2/h5-7,9-10,13H,3-4,8,11-12H2,1-2H3,(H,21,24)/t13-/m1/s1. The van der Waals surface area contributed by atoms with E-state index in [0.29, 0.717) is 18.2 Å². The topological polar surface area (TPSA) is 50.2 Å². The van der Waals surface area contributed by atoms with Crippen molar-refractivity contribution in [1.29, 1.82) is 0 Å². The Bertz CT molecular complexity index is 728. The lowest BCUT2D eigenvalue weighted by atomic mass is 10.0. The van der Waals surface area contributed by atoms with Crippen LogP contribution in [0.5, 0.6) is 0 Å². The average Bonchev–Trinajstić information content (AvgIpc) is 2.98. The van der Waals surface area contributed by atoms with Gasteiger partial charge in [-0.25, -0.2) is 14.2 Å². The van der Waals surface area contributed by atoms with Gasteiger partial charge >= 0.3 is 6.03 Å². The highest BCUT2D eigenvalue weighted by Crippen LogP contribution is 2.18. The molecule has 0 radical (unpaired) electrons. The van der Waals surface area contributed by atoms with Crippen molar-refractivity contribution in [3.05, 3.63) is 47.8 Å². The molecule has 0 bridgehead atoms. The van der Waals surface area contributed by atoms with Gasteiger partial charge in [-0.2, -0.15) is 0 Å². The lowest BCUT2D eigenvalue weighted by molar-refractivity contribution is 0.169. The molecule has 1 atom stereocenters. The third-order valence-electron chi connectivity index (χ3n) is 4.49. The molecule has 5 nitrogen and oxygen atoms in total. The molecule has 24 heavy (non-hydrogen) atoms. The van der Waals surface area contributed by atoms with Crippen LogP contribution in [-0.4, -0.2) is 33.6 Å². The van der Waals surface area contributed by atoms with Crippen LogP contribution in [-0.2, 0) is 6.54 Å². The van der Waals surface area contributed by atoms with E-state index >= 15 is 0 Å². The van der Waals surface area contributed by atoms with Crippen LogP contribution in [0.1, 0.15) is 31.2 Å². The van der Waals surface area contributed by atoms with Crippen molar-refractivity contribution in [3.63, 3.8) is 0 Å². The zero-order valence-electron chi connectivity index (χ0n) is 14.1. The number of carbonyl (C=O) groups excluding carboxylic acids is 1. The van der Waals surface area contributed by atoms with E-state index < -0.39 is 0 Å². The highest BCUT2D eigenvalue weighted by atomic mass is 19.1. The summed E-state index contributed by atoms with van der Waals surface area (Å²) in [5, 5.41) is 2.88. The summed E-state index contributed by atoms with van der Waals surface area (Å²) in [4.78, 5) is 18.2. The van der Waals surface area contributed by atoms with Crippen molar-refractivity contribution in [2.45, 2.75) is 33.2 Å². The molecule has 0 aliphatic carbocycles. The van der Waals surface area contributed by atoms with Crippen LogP contribution in [0.2, 0.25) is 0 Å². The second-order valence-corrected chi connectivity index (χ2v) is 6.48. The molecule has 1 N–H and O–H groups in total. The molecule has 0 unspecified atom stereocenters. The Morgan fingerprint density at radius 1 is 1.46 bits per heavy atom. The Balaban J connectivity index is 1.63. The van der Waals surface area contributed by atoms with E-state index in [-0.39, 0.29) is 11.8 Å². The largest absolute Gasteiger partial charge is 0.334 e. The molecule has 1 aromatic carbocycles. The van der Waals surface area contributed by atoms with E-state index in [2.05, 4.69) is 17.2 Å². The van der Waals surface area contributed by atoms with Gasteiger partial charge in [-0.1, -0.05) is 13.0 Å². The number of halogens is 1. The van der Waals surface area contributed by atoms with Crippen LogP contribution in [0.25, 0.3) is 5.69 Å². The van der Waals surface area contributed by atoms with Crippen LogP contribution in [0, 0.1) is 18.7 Å². The van der Waals surface area contributed by atoms with Crippen molar-refractivity contribution >= 4 is 6.03 Å². The summed E-state index contributed by atoms with van der Waals surface area (Å²) in [6.07, 6.45) is 5.58. The van der Waals surface area contributed by atoms with E-state index in [1.165, 1.54) is 12.5 Å². The van der Waals surface area contributed by atoms with Gasteiger partial charge in [0.2, 0.25) is 0 Å². The molecular formula is C18H23FN4O. The molecule has 3 rings (SSSR count). The monoisotopic (exact) mass is 330 g/mol. The molecule has 1 fully saturated rings. The van der Waals surface area contributed by atoms with Crippen LogP contribution >= 0.6 is 0 Å². The zero-order chi connectivity index (χ0) is 17.1. The number of likely N-dealkylation sites (tertiary alicyclic amines) is 1. The predicted octanol–water partition coefficient (Wildman–Crippen LogP) is 3.26. The lowest BCUT2D eigenvalue weighted by Crippen LogP contribution is -2.44. The Kier molecular flexibility index (Phi) is 4.83. The van der Waals surface area contributed by atoms with Crippen LogP contribution in [0.4, 0.5) is 9.18 Å². The first-order valence-corrected chi connectivity index (χ1v) is 8.36. The van der Waals surface area contributed by atoms with E-state index in [1.54, 1.807) is 23.0 Å². The fourth-order valence-electron chi connectivity index (χ4n) is 3.15. The number of hydrogen-bond donors (Lipinski definition) is 1. The number of benzene rings is 1. The molecule has 2 heterocycles. The summed E-state index contributed by atoms with van der Waals surface area (Å²) in [5.74, 6) is 0.947. The predicted molar refractivity (Wildman–Crippen MR) is 90.5 cm³/mol. The number of aryl methyl sites for hydroxylation is 1. The third-order valence-corrected chi connectivity index (χ3v) is 4.49. The molecule has 1 aliphatic rings. The normalized spacial score (nSPS) is 17.8. The number of amides is 2. The Hall–Kier alpha value is -2.37. The number of rotatable bonds is 3. The first kappa shape index (κ1) is 16.5. The molecule has 0 saturated carbocycles. The Labute approximate surface area is 141 Å². The minimum atomic E-state index is -0.325. The number of nitrogens with one attached hydrogen (secondary N) is 1. The zero-order valence-corrected chi connectivity index (χ0v) is 14.1. The van der Waals surface area contributed by atoms with Crippen LogP contribution in [0.3, 0.4) is 0 Å². The molecule has 1 aromatic heterocycles. The molecule has 0 spiro atoms. The second-order valence-electron chi connectivity index (χ2n) is 6.48. The van der Waals surface area contributed by atoms with Gasteiger partial charge < -0.3 is 14.8 Å². The molecule has 2 amide bonds. The first-order valence-electron chi connectivity index (χ1n) is 8.36. The number of hydrogen-bond acceptors (Lipinski definition) is 2. The van der Waals surface area contributed by atoms with Crippen molar-refractivity contribution in [2.24, 2.45) is 5.92 Å². The number of carbonyl (C=O) groups is 1. The third kappa shape index (κ3) is 3.58. The van der Waals surface area contributed by atoms with Gasteiger partial charge in [-0.3, -0.25) is 0 Å². The highest BCUT2D eigenvalue weighted by molar-refractivity contribution is 5.74. The van der Waals surface area contributed by atoms with Gasteiger partial charge in [-0.15, -0.1) is 0 Å². The van der Waals surface area contributed by atoms with E-state index in [0.717, 1.165) is 30.9 Å². The van der Waals surface area contributed by atoms with Gasteiger partial charge in [0.1, 0.15) is 11.6 Å². The van der Waals surface area contributed by atoms with E-state index in [9.17, 15) is 9.18 Å². The maximum absolute atomic E-state index is 14.4. The van der Waals surface area contributed by atoms with Gasteiger partial charge in [0.25, 0.3) is 0 Å². The molecular weight excluding hydrogens is 307 g/mol. The maximum atomic E-state index is 14.4.